The second-order valence-corrected chi connectivity index (χ2v) is 12.7. The van der Waals surface area contributed by atoms with Gasteiger partial charge in [-0.25, -0.2) is 0 Å². The van der Waals surface area contributed by atoms with E-state index in [0.29, 0.717) is 5.04 Å². The Labute approximate surface area is 120 Å². The van der Waals surface area contributed by atoms with Gasteiger partial charge >= 0.3 is 0 Å². The smallest absolute Gasteiger partial charge is 0.133 e. The molecule has 0 aromatic rings. The number of rotatable bonds is 2. The van der Waals surface area contributed by atoms with Gasteiger partial charge in [0.25, 0.3) is 0 Å². The molecule has 1 N–H and O–H groups in total. The molecule has 2 aliphatic rings. The van der Waals surface area contributed by atoms with Gasteiger partial charge in [-0.2, -0.15) is 0 Å². The first-order valence-electron chi connectivity index (χ1n) is 7.78. The minimum Gasteiger partial charge on any atom is -0.332 e. The summed E-state index contributed by atoms with van der Waals surface area (Å²) in [5.41, 5.74) is 5.24. The summed E-state index contributed by atoms with van der Waals surface area (Å²) < 4.78 is 0. The SMILES string of the molecule is CC1=CC(C)([Si](C)(C)NC(C)(C)C)C2=C1CCCC2. The fourth-order valence-corrected chi connectivity index (χ4v) is 7.89. The van der Waals surface area contributed by atoms with Crippen LogP contribution in [0.3, 0.4) is 0 Å². The third-order valence-electron chi connectivity index (χ3n) is 5.06. The van der Waals surface area contributed by atoms with Crippen molar-refractivity contribution in [3.05, 3.63) is 22.8 Å². The summed E-state index contributed by atoms with van der Waals surface area (Å²) >= 11 is 0. The molecule has 0 saturated carbocycles. The van der Waals surface area contributed by atoms with Crippen molar-refractivity contribution in [3.63, 3.8) is 0 Å². The number of allylic oxidation sites excluding steroid dienone is 4. The first-order valence-corrected chi connectivity index (χ1v) is 10.8. The molecule has 19 heavy (non-hydrogen) atoms. The van der Waals surface area contributed by atoms with E-state index in [-0.39, 0.29) is 5.54 Å². The first kappa shape index (κ1) is 15.1. The van der Waals surface area contributed by atoms with Gasteiger partial charge < -0.3 is 4.98 Å². The Kier molecular flexibility index (Phi) is 3.64. The maximum Gasteiger partial charge on any atom is 0.133 e. The van der Waals surface area contributed by atoms with Gasteiger partial charge in [-0.3, -0.25) is 0 Å². The lowest BCUT2D eigenvalue weighted by atomic mass is 9.88. The van der Waals surface area contributed by atoms with Crippen molar-refractivity contribution >= 4 is 8.24 Å². The van der Waals surface area contributed by atoms with E-state index in [4.69, 9.17) is 0 Å². The predicted molar refractivity (Wildman–Crippen MR) is 88.0 cm³/mol. The van der Waals surface area contributed by atoms with Crippen molar-refractivity contribution in [2.24, 2.45) is 0 Å². The van der Waals surface area contributed by atoms with Crippen LogP contribution in [0.4, 0.5) is 0 Å². The van der Waals surface area contributed by atoms with Crippen molar-refractivity contribution in [1.82, 2.24) is 4.98 Å². The van der Waals surface area contributed by atoms with E-state index in [9.17, 15) is 0 Å². The summed E-state index contributed by atoms with van der Waals surface area (Å²) in [7, 11) is -1.56. The Morgan fingerprint density at radius 3 is 2.32 bits per heavy atom. The molecule has 2 aliphatic carbocycles. The molecule has 1 atom stereocenters. The second kappa shape index (κ2) is 4.59. The largest absolute Gasteiger partial charge is 0.332 e. The van der Waals surface area contributed by atoms with Crippen LogP contribution in [0.5, 0.6) is 0 Å². The molecule has 2 rings (SSSR count). The molecular formula is C17H31NSi. The average Bonchev–Trinajstić information content (AvgIpc) is 2.50. The minimum atomic E-state index is -1.56. The lowest BCUT2D eigenvalue weighted by Gasteiger charge is -2.46. The van der Waals surface area contributed by atoms with Gasteiger partial charge in [-0.15, -0.1) is 0 Å². The van der Waals surface area contributed by atoms with Crippen molar-refractivity contribution < 1.29 is 0 Å². The maximum atomic E-state index is 3.99. The van der Waals surface area contributed by atoms with Crippen molar-refractivity contribution in [2.75, 3.05) is 0 Å². The van der Waals surface area contributed by atoms with Crippen molar-refractivity contribution in [2.45, 2.75) is 84.0 Å². The third kappa shape index (κ3) is 2.62. The molecule has 0 aromatic carbocycles. The van der Waals surface area contributed by atoms with Gasteiger partial charge in [-0.1, -0.05) is 37.2 Å². The van der Waals surface area contributed by atoms with E-state index < -0.39 is 8.24 Å². The van der Waals surface area contributed by atoms with Crippen LogP contribution in [0.25, 0.3) is 0 Å². The van der Waals surface area contributed by atoms with Crippen molar-refractivity contribution in [3.8, 4) is 0 Å². The summed E-state index contributed by atoms with van der Waals surface area (Å²) in [5, 5.41) is 0.306. The molecule has 0 amide bonds. The fraction of sp³-hybridized carbons (Fsp3) is 0.765. The van der Waals surface area contributed by atoms with Gasteiger partial charge in [0.05, 0.1) is 0 Å². The van der Waals surface area contributed by atoms with Gasteiger partial charge in [0.1, 0.15) is 8.24 Å². The topological polar surface area (TPSA) is 12.0 Å². The highest BCUT2D eigenvalue weighted by Gasteiger charge is 2.49. The molecule has 1 unspecified atom stereocenters. The van der Waals surface area contributed by atoms with Gasteiger partial charge in [-0.05, 0) is 59.0 Å². The molecule has 0 radical (unpaired) electrons. The second-order valence-electron chi connectivity index (χ2n) is 8.19. The van der Waals surface area contributed by atoms with E-state index >= 15 is 0 Å². The van der Waals surface area contributed by atoms with E-state index in [0.717, 1.165) is 0 Å². The summed E-state index contributed by atoms with van der Waals surface area (Å²) in [6, 6.07) is 0. The third-order valence-corrected chi connectivity index (χ3v) is 9.48. The molecule has 0 saturated heterocycles. The summed E-state index contributed by atoms with van der Waals surface area (Å²) in [6.45, 7) is 16.7. The molecule has 0 spiro atoms. The zero-order valence-electron chi connectivity index (χ0n) is 13.9. The molecule has 108 valence electrons. The minimum absolute atomic E-state index is 0.207. The average molecular weight is 278 g/mol. The molecule has 0 bridgehead atoms. The quantitative estimate of drug-likeness (QED) is 0.687. The Morgan fingerprint density at radius 2 is 1.74 bits per heavy atom. The standard InChI is InChI=1S/C17H31NSi/c1-13-12-17(5,15-11-9-8-10-14(13)15)19(6,7)18-16(2,3)4/h12,18H,8-11H2,1-7H3. The monoisotopic (exact) mass is 277 g/mol. The summed E-state index contributed by atoms with van der Waals surface area (Å²) in [6.07, 6.45) is 7.99. The van der Waals surface area contributed by atoms with E-state index in [1.165, 1.54) is 25.7 Å². The Balaban J connectivity index is 2.40. The van der Waals surface area contributed by atoms with E-state index in [1.54, 1.807) is 16.7 Å². The maximum absolute atomic E-state index is 3.99. The van der Waals surface area contributed by atoms with Crippen LogP contribution in [0.15, 0.2) is 22.8 Å². The van der Waals surface area contributed by atoms with Gasteiger partial charge in [0.15, 0.2) is 0 Å². The number of hydrogen-bond acceptors (Lipinski definition) is 1. The van der Waals surface area contributed by atoms with Gasteiger partial charge in [0.2, 0.25) is 0 Å². The van der Waals surface area contributed by atoms with Crippen LogP contribution in [0.1, 0.15) is 60.3 Å². The highest BCUT2D eigenvalue weighted by atomic mass is 28.3. The van der Waals surface area contributed by atoms with Crippen molar-refractivity contribution in [1.29, 1.82) is 0 Å². The molecule has 0 aromatic heterocycles. The van der Waals surface area contributed by atoms with E-state index in [1.807, 2.05) is 0 Å². The lowest BCUT2D eigenvalue weighted by molar-refractivity contribution is 0.499. The Hall–Kier alpha value is -0.343. The number of hydrogen-bond donors (Lipinski definition) is 1. The van der Waals surface area contributed by atoms with Crippen LogP contribution in [0, 0.1) is 0 Å². The first-order chi connectivity index (χ1) is 8.57. The van der Waals surface area contributed by atoms with Gasteiger partial charge in [0, 0.05) is 10.6 Å². The van der Waals surface area contributed by atoms with Crippen LogP contribution >= 0.6 is 0 Å². The Morgan fingerprint density at radius 1 is 1.16 bits per heavy atom. The van der Waals surface area contributed by atoms with E-state index in [2.05, 4.69) is 58.8 Å². The lowest BCUT2D eigenvalue weighted by Crippen LogP contribution is -2.60. The summed E-state index contributed by atoms with van der Waals surface area (Å²) in [5.74, 6) is 0. The summed E-state index contributed by atoms with van der Waals surface area (Å²) in [4.78, 5) is 3.99. The molecule has 2 heteroatoms. The zero-order valence-corrected chi connectivity index (χ0v) is 14.9. The van der Waals surface area contributed by atoms with Crippen LogP contribution in [-0.4, -0.2) is 13.8 Å². The molecule has 1 nitrogen and oxygen atoms in total. The van der Waals surface area contributed by atoms with Crippen LogP contribution in [0.2, 0.25) is 18.1 Å². The molecular weight excluding hydrogens is 246 g/mol. The Bertz CT molecular complexity index is 437. The van der Waals surface area contributed by atoms with Crippen LogP contribution in [-0.2, 0) is 0 Å². The normalized spacial score (nSPS) is 28.5. The highest BCUT2D eigenvalue weighted by molar-refractivity contribution is 6.79. The number of nitrogens with one attached hydrogen (secondary N) is 1. The highest BCUT2D eigenvalue weighted by Crippen LogP contribution is 2.56. The molecule has 0 fully saturated rings. The van der Waals surface area contributed by atoms with Crippen LogP contribution < -0.4 is 4.98 Å². The predicted octanol–water partition coefficient (Wildman–Crippen LogP) is 5.17. The molecule has 0 heterocycles. The fourth-order valence-electron chi connectivity index (χ4n) is 4.15. The zero-order chi connectivity index (χ0) is 14.5. The molecule has 0 aliphatic heterocycles.